The van der Waals surface area contributed by atoms with Gasteiger partial charge in [-0.25, -0.2) is 12.7 Å². The number of amides is 1. The minimum Gasteiger partial charge on any atom is -0.496 e. The molecular formula is C25H35N3O4S. The van der Waals surface area contributed by atoms with Gasteiger partial charge in [0.2, 0.25) is 15.9 Å². The van der Waals surface area contributed by atoms with Crippen molar-refractivity contribution in [1.29, 1.82) is 0 Å². The van der Waals surface area contributed by atoms with E-state index in [1.807, 2.05) is 0 Å². The van der Waals surface area contributed by atoms with Gasteiger partial charge in [-0.1, -0.05) is 19.1 Å². The zero-order valence-electron chi connectivity index (χ0n) is 20.0. The van der Waals surface area contributed by atoms with Gasteiger partial charge < -0.3 is 15.0 Å². The summed E-state index contributed by atoms with van der Waals surface area (Å²) in [4.78, 5) is 15.1. The van der Waals surface area contributed by atoms with E-state index in [-0.39, 0.29) is 17.2 Å². The maximum Gasteiger partial charge on any atom is 0.242 e. The first-order valence-electron chi connectivity index (χ1n) is 11.4. The number of ether oxygens (including phenoxy) is 1. The van der Waals surface area contributed by atoms with Crippen LogP contribution in [-0.2, 0) is 27.8 Å². The molecule has 0 bridgehead atoms. The lowest BCUT2D eigenvalue weighted by Gasteiger charge is -2.32. The number of aryl methyl sites for hydroxylation is 1. The van der Waals surface area contributed by atoms with Crippen molar-refractivity contribution in [2.75, 3.05) is 39.2 Å². The first-order chi connectivity index (χ1) is 15.7. The molecule has 1 N–H and O–H groups in total. The topological polar surface area (TPSA) is 79.0 Å². The molecule has 1 fully saturated rings. The minimum absolute atomic E-state index is 0.0909. The van der Waals surface area contributed by atoms with Gasteiger partial charge in [0.15, 0.2) is 0 Å². The van der Waals surface area contributed by atoms with Crippen LogP contribution in [0.3, 0.4) is 0 Å². The SMILES string of the molecule is COc1ccc(S(=O)(=O)N(C)C)cc1CCC(=O)NCc1ccc(N2CCC[C@@H](C)C2)cc1. The summed E-state index contributed by atoms with van der Waals surface area (Å²) in [6, 6.07) is 13.1. The van der Waals surface area contributed by atoms with Crippen LogP contribution in [0.1, 0.15) is 37.3 Å². The number of nitrogens with zero attached hydrogens (tertiary/aromatic N) is 2. The number of methoxy groups -OCH3 is 1. The Morgan fingerprint density at radius 1 is 1.18 bits per heavy atom. The molecule has 33 heavy (non-hydrogen) atoms. The average molecular weight is 474 g/mol. The van der Waals surface area contributed by atoms with E-state index in [4.69, 9.17) is 4.74 Å². The molecule has 0 aromatic heterocycles. The van der Waals surface area contributed by atoms with Crippen LogP contribution in [-0.4, -0.2) is 52.9 Å². The fourth-order valence-corrected chi connectivity index (χ4v) is 5.06. The van der Waals surface area contributed by atoms with Gasteiger partial charge >= 0.3 is 0 Å². The number of sulfonamides is 1. The summed E-state index contributed by atoms with van der Waals surface area (Å²) in [5.41, 5.74) is 2.97. The molecule has 8 heteroatoms. The third kappa shape index (κ3) is 6.48. The normalized spacial score (nSPS) is 16.6. The van der Waals surface area contributed by atoms with E-state index in [1.165, 1.54) is 50.1 Å². The third-order valence-corrected chi connectivity index (χ3v) is 7.91. The van der Waals surface area contributed by atoms with Crippen molar-refractivity contribution in [3.63, 3.8) is 0 Å². The lowest BCUT2D eigenvalue weighted by molar-refractivity contribution is -0.121. The highest BCUT2D eigenvalue weighted by Crippen LogP contribution is 2.25. The highest BCUT2D eigenvalue weighted by Gasteiger charge is 2.19. The van der Waals surface area contributed by atoms with Crippen molar-refractivity contribution < 1.29 is 17.9 Å². The third-order valence-electron chi connectivity index (χ3n) is 6.10. The predicted octanol–water partition coefficient (Wildman–Crippen LogP) is 3.43. The maximum absolute atomic E-state index is 12.4. The second-order valence-electron chi connectivity index (χ2n) is 8.90. The van der Waals surface area contributed by atoms with Gasteiger partial charge in [0, 0.05) is 45.8 Å². The first-order valence-corrected chi connectivity index (χ1v) is 12.8. The largest absolute Gasteiger partial charge is 0.496 e. The molecule has 2 aromatic carbocycles. The van der Waals surface area contributed by atoms with Crippen LogP contribution in [0.25, 0.3) is 0 Å². The molecule has 1 atom stereocenters. The minimum atomic E-state index is -3.55. The monoisotopic (exact) mass is 473 g/mol. The van der Waals surface area contributed by atoms with Crippen LogP contribution in [0.4, 0.5) is 5.69 Å². The number of rotatable bonds is 9. The second kappa shape index (κ2) is 11.0. The molecule has 1 saturated heterocycles. The molecule has 0 saturated carbocycles. The number of hydrogen-bond acceptors (Lipinski definition) is 5. The van der Waals surface area contributed by atoms with Gasteiger partial charge in [-0.2, -0.15) is 0 Å². The van der Waals surface area contributed by atoms with Gasteiger partial charge in [-0.05, 0) is 66.6 Å². The number of carbonyl (C=O) groups is 1. The Bertz CT molecular complexity index is 1050. The highest BCUT2D eigenvalue weighted by atomic mass is 32.2. The Hall–Kier alpha value is -2.58. The van der Waals surface area contributed by atoms with Crippen molar-refractivity contribution in [3.05, 3.63) is 53.6 Å². The van der Waals surface area contributed by atoms with Gasteiger partial charge in [0.05, 0.1) is 12.0 Å². The van der Waals surface area contributed by atoms with E-state index < -0.39 is 10.0 Å². The van der Waals surface area contributed by atoms with E-state index in [0.29, 0.717) is 24.3 Å². The average Bonchev–Trinajstić information content (AvgIpc) is 2.81. The molecule has 0 radical (unpaired) electrons. The number of piperidine rings is 1. The van der Waals surface area contributed by atoms with E-state index >= 15 is 0 Å². The molecule has 2 aromatic rings. The van der Waals surface area contributed by atoms with Gasteiger partial charge in [-0.3, -0.25) is 4.79 Å². The van der Waals surface area contributed by atoms with E-state index in [0.717, 1.165) is 24.6 Å². The van der Waals surface area contributed by atoms with Crippen molar-refractivity contribution in [3.8, 4) is 5.75 Å². The maximum atomic E-state index is 12.4. The fourth-order valence-electron chi connectivity index (χ4n) is 4.11. The van der Waals surface area contributed by atoms with Crippen LogP contribution in [0, 0.1) is 5.92 Å². The lowest BCUT2D eigenvalue weighted by Crippen LogP contribution is -2.34. The molecule has 7 nitrogen and oxygen atoms in total. The van der Waals surface area contributed by atoms with Crippen LogP contribution in [0.15, 0.2) is 47.4 Å². The van der Waals surface area contributed by atoms with Crippen LogP contribution >= 0.6 is 0 Å². The molecule has 1 amide bonds. The zero-order chi connectivity index (χ0) is 24.0. The molecule has 1 aliphatic rings. The molecule has 1 aliphatic heterocycles. The summed E-state index contributed by atoms with van der Waals surface area (Å²) < 4.78 is 31.4. The number of benzene rings is 2. The van der Waals surface area contributed by atoms with Gasteiger partial charge in [0.25, 0.3) is 0 Å². The van der Waals surface area contributed by atoms with Crippen molar-refractivity contribution >= 4 is 21.6 Å². The van der Waals surface area contributed by atoms with Crippen LogP contribution in [0.2, 0.25) is 0 Å². The first kappa shape index (κ1) is 25.1. The molecule has 0 spiro atoms. The van der Waals surface area contributed by atoms with Crippen LogP contribution < -0.4 is 15.0 Å². The van der Waals surface area contributed by atoms with Crippen LogP contribution in [0.5, 0.6) is 5.75 Å². The smallest absolute Gasteiger partial charge is 0.242 e. The van der Waals surface area contributed by atoms with Crippen molar-refractivity contribution in [2.24, 2.45) is 5.92 Å². The summed E-state index contributed by atoms with van der Waals surface area (Å²) in [6.45, 7) is 4.95. The van der Waals surface area contributed by atoms with Crippen molar-refractivity contribution in [2.45, 2.75) is 44.0 Å². The standard InChI is InChI=1S/C25H35N3O4S/c1-19-6-5-15-28(18-19)22-10-7-20(8-11-22)17-26-25(29)14-9-21-16-23(12-13-24(21)32-4)33(30,31)27(2)3/h7-8,10-13,16,19H,5-6,9,14-15,17-18H2,1-4H3,(H,26,29)/t19-/m1/s1. The van der Waals surface area contributed by atoms with E-state index in [2.05, 4.69) is 41.4 Å². The molecule has 0 aliphatic carbocycles. The Balaban J connectivity index is 1.55. The molecule has 1 heterocycles. The number of carbonyl (C=O) groups excluding carboxylic acids is 1. The number of nitrogens with one attached hydrogen (secondary N) is 1. The molecule has 3 rings (SSSR count). The molecule has 0 unspecified atom stereocenters. The summed E-state index contributed by atoms with van der Waals surface area (Å²) >= 11 is 0. The van der Waals surface area contributed by atoms with Gasteiger partial charge in [0.1, 0.15) is 5.75 Å². The summed E-state index contributed by atoms with van der Waals surface area (Å²) in [5.74, 6) is 1.20. The Kier molecular flexibility index (Phi) is 8.37. The number of hydrogen-bond donors (Lipinski definition) is 1. The zero-order valence-corrected chi connectivity index (χ0v) is 20.8. The lowest BCUT2D eigenvalue weighted by atomic mass is 9.99. The summed E-state index contributed by atoms with van der Waals surface area (Å²) in [5, 5.41) is 2.96. The highest BCUT2D eigenvalue weighted by molar-refractivity contribution is 7.89. The van der Waals surface area contributed by atoms with E-state index in [1.54, 1.807) is 12.1 Å². The Morgan fingerprint density at radius 3 is 2.55 bits per heavy atom. The van der Waals surface area contributed by atoms with Crippen molar-refractivity contribution in [1.82, 2.24) is 9.62 Å². The predicted molar refractivity (Wildman–Crippen MR) is 131 cm³/mol. The Morgan fingerprint density at radius 2 is 1.91 bits per heavy atom. The van der Waals surface area contributed by atoms with E-state index in [9.17, 15) is 13.2 Å². The second-order valence-corrected chi connectivity index (χ2v) is 11.0. The quantitative estimate of drug-likeness (QED) is 0.604. The fraction of sp³-hybridized carbons (Fsp3) is 0.480. The summed E-state index contributed by atoms with van der Waals surface area (Å²) in [7, 11) is 0.969. The van der Waals surface area contributed by atoms with Gasteiger partial charge in [-0.15, -0.1) is 0 Å². The molecule has 180 valence electrons. The Labute approximate surface area is 197 Å². The number of anilines is 1. The summed E-state index contributed by atoms with van der Waals surface area (Å²) in [6.07, 6.45) is 3.15. The molecular weight excluding hydrogens is 438 g/mol.